The van der Waals surface area contributed by atoms with Crippen molar-refractivity contribution in [2.24, 2.45) is 5.92 Å². The highest BCUT2D eigenvalue weighted by Gasteiger charge is 2.30. The lowest BCUT2D eigenvalue weighted by Crippen LogP contribution is -2.42. The van der Waals surface area contributed by atoms with Gasteiger partial charge in [-0.25, -0.2) is 4.52 Å². The number of carbonyl (C=O) groups is 2. The lowest BCUT2D eigenvalue weighted by molar-refractivity contribution is -0.133. The Morgan fingerprint density at radius 1 is 1.07 bits per heavy atom. The average molecular weight is 375 g/mol. The fraction of sp³-hybridized carbons (Fsp3) is 0.333. The molecular formula is C21H21N5O2. The Hall–Kier alpha value is -3.22. The Balaban J connectivity index is 1.38. The highest BCUT2D eigenvalue weighted by molar-refractivity contribution is 5.92. The van der Waals surface area contributed by atoms with Gasteiger partial charge in [-0.1, -0.05) is 30.3 Å². The molecule has 2 aromatic heterocycles. The number of fused-ring (bicyclic) bond motifs is 1. The summed E-state index contributed by atoms with van der Waals surface area (Å²) < 4.78 is 1.74. The van der Waals surface area contributed by atoms with Crippen molar-refractivity contribution in [1.82, 2.24) is 19.5 Å². The number of aromatic nitrogens is 3. The van der Waals surface area contributed by atoms with Crippen molar-refractivity contribution in [2.75, 3.05) is 18.4 Å². The zero-order valence-corrected chi connectivity index (χ0v) is 15.5. The monoisotopic (exact) mass is 375 g/mol. The summed E-state index contributed by atoms with van der Waals surface area (Å²) in [5, 5.41) is 7.26. The molecule has 0 bridgehead atoms. The first-order valence-electron chi connectivity index (χ1n) is 9.71. The van der Waals surface area contributed by atoms with Crippen molar-refractivity contribution in [1.29, 1.82) is 0 Å². The number of carbonyl (C=O) groups excluding carboxylic acids is 2. The van der Waals surface area contributed by atoms with Crippen LogP contribution in [0, 0.1) is 5.92 Å². The van der Waals surface area contributed by atoms with Crippen LogP contribution in [0.2, 0.25) is 0 Å². The van der Waals surface area contributed by atoms with Gasteiger partial charge in [-0.2, -0.15) is 4.98 Å². The third kappa shape index (κ3) is 3.24. The summed E-state index contributed by atoms with van der Waals surface area (Å²) in [5.74, 6) is 0.626. The van der Waals surface area contributed by atoms with Gasteiger partial charge >= 0.3 is 0 Å². The first kappa shape index (κ1) is 16.9. The van der Waals surface area contributed by atoms with E-state index in [2.05, 4.69) is 15.4 Å². The first-order chi connectivity index (χ1) is 13.7. The van der Waals surface area contributed by atoms with Crippen LogP contribution in [0.3, 0.4) is 0 Å². The summed E-state index contributed by atoms with van der Waals surface area (Å²) in [6, 6.07) is 13.7. The standard InChI is InChI=1S/C21H21N5O2/c27-19(25-11-2-12-25)13-14-5-7-15(8-6-14)17-3-1-4-18-22-21(24-26(17)18)23-20(28)16-9-10-16/h1,3-8,16H,2,9-13H2,(H,23,24,28). The molecule has 7 nitrogen and oxygen atoms in total. The molecule has 3 heterocycles. The van der Waals surface area contributed by atoms with E-state index in [1.165, 1.54) is 0 Å². The third-order valence-corrected chi connectivity index (χ3v) is 5.36. The maximum atomic E-state index is 12.1. The minimum absolute atomic E-state index is 0.00585. The van der Waals surface area contributed by atoms with Crippen molar-refractivity contribution >= 4 is 23.4 Å². The molecule has 0 unspecified atom stereocenters. The molecular weight excluding hydrogens is 354 g/mol. The summed E-state index contributed by atoms with van der Waals surface area (Å²) in [6.45, 7) is 1.76. The first-order valence-corrected chi connectivity index (χ1v) is 9.71. The summed E-state index contributed by atoms with van der Waals surface area (Å²) in [4.78, 5) is 30.4. The zero-order chi connectivity index (χ0) is 19.1. The van der Waals surface area contributed by atoms with Gasteiger partial charge in [0.1, 0.15) is 0 Å². The number of nitrogens with zero attached hydrogens (tertiary/aromatic N) is 4. The molecule has 1 aliphatic carbocycles. The SMILES string of the molecule is O=C(Nc1nc2cccc(-c3ccc(CC(=O)N4CCC4)cc3)n2n1)C1CC1. The second-order valence-corrected chi connectivity index (χ2v) is 7.49. The van der Waals surface area contributed by atoms with Crippen LogP contribution in [-0.2, 0) is 16.0 Å². The number of amides is 2. The van der Waals surface area contributed by atoms with E-state index in [-0.39, 0.29) is 17.7 Å². The Kier molecular flexibility index (Phi) is 4.07. The number of hydrogen-bond donors (Lipinski definition) is 1. The fourth-order valence-electron chi connectivity index (χ4n) is 3.38. The molecule has 7 heteroatoms. The number of benzene rings is 1. The Bertz CT molecular complexity index is 1050. The van der Waals surface area contributed by atoms with Crippen LogP contribution in [-0.4, -0.2) is 44.4 Å². The highest BCUT2D eigenvalue weighted by Crippen LogP contribution is 2.30. The van der Waals surface area contributed by atoms with Crippen molar-refractivity contribution < 1.29 is 9.59 Å². The van der Waals surface area contributed by atoms with E-state index in [1.807, 2.05) is 47.4 Å². The normalized spacial score (nSPS) is 16.1. The number of likely N-dealkylation sites (tertiary alicyclic amines) is 1. The van der Waals surface area contributed by atoms with Crippen molar-refractivity contribution in [3.63, 3.8) is 0 Å². The highest BCUT2D eigenvalue weighted by atomic mass is 16.2. The molecule has 1 saturated heterocycles. The predicted molar refractivity (Wildman–Crippen MR) is 105 cm³/mol. The number of nitrogens with one attached hydrogen (secondary N) is 1. The van der Waals surface area contributed by atoms with Gasteiger partial charge in [-0.3, -0.25) is 14.9 Å². The largest absolute Gasteiger partial charge is 0.342 e. The van der Waals surface area contributed by atoms with Gasteiger partial charge in [-0.15, -0.1) is 5.10 Å². The van der Waals surface area contributed by atoms with Gasteiger partial charge in [0.2, 0.25) is 17.8 Å². The topological polar surface area (TPSA) is 79.6 Å². The van der Waals surface area contributed by atoms with Gasteiger partial charge in [0.15, 0.2) is 5.65 Å². The van der Waals surface area contributed by atoms with Gasteiger partial charge in [0, 0.05) is 24.6 Å². The molecule has 2 amide bonds. The molecule has 1 aromatic carbocycles. The molecule has 1 saturated carbocycles. The summed E-state index contributed by atoms with van der Waals surface area (Å²) >= 11 is 0. The molecule has 28 heavy (non-hydrogen) atoms. The van der Waals surface area contributed by atoms with E-state index >= 15 is 0 Å². The minimum Gasteiger partial charge on any atom is -0.342 e. The van der Waals surface area contributed by atoms with E-state index < -0.39 is 0 Å². The van der Waals surface area contributed by atoms with E-state index in [0.29, 0.717) is 18.0 Å². The molecule has 0 atom stereocenters. The van der Waals surface area contributed by atoms with Crippen LogP contribution in [0.4, 0.5) is 5.95 Å². The maximum Gasteiger partial charge on any atom is 0.249 e. The van der Waals surface area contributed by atoms with Crippen LogP contribution in [0.5, 0.6) is 0 Å². The zero-order valence-electron chi connectivity index (χ0n) is 15.5. The molecule has 142 valence electrons. The van der Waals surface area contributed by atoms with Crippen LogP contribution >= 0.6 is 0 Å². The molecule has 1 aliphatic heterocycles. The van der Waals surface area contributed by atoms with Crippen LogP contribution in [0.1, 0.15) is 24.8 Å². The van der Waals surface area contributed by atoms with Gasteiger partial charge in [0.25, 0.3) is 0 Å². The quantitative estimate of drug-likeness (QED) is 0.743. The lowest BCUT2D eigenvalue weighted by Gasteiger charge is -2.30. The second-order valence-electron chi connectivity index (χ2n) is 7.49. The van der Waals surface area contributed by atoms with Crippen molar-refractivity contribution in [3.05, 3.63) is 48.0 Å². The van der Waals surface area contributed by atoms with E-state index in [9.17, 15) is 9.59 Å². The minimum atomic E-state index is -0.00585. The Labute approximate surface area is 162 Å². The summed E-state index contributed by atoms with van der Waals surface area (Å²) in [7, 11) is 0. The number of hydrogen-bond acceptors (Lipinski definition) is 4. The molecule has 5 rings (SSSR count). The van der Waals surface area contributed by atoms with E-state index in [1.54, 1.807) is 4.52 Å². The smallest absolute Gasteiger partial charge is 0.249 e. The fourth-order valence-corrected chi connectivity index (χ4v) is 3.38. The van der Waals surface area contributed by atoms with Crippen molar-refractivity contribution in [3.8, 4) is 11.3 Å². The lowest BCUT2D eigenvalue weighted by atomic mass is 10.0. The summed E-state index contributed by atoms with van der Waals surface area (Å²) in [5.41, 5.74) is 3.55. The molecule has 2 aliphatic rings. The van der Waals surface area contributed by atoms with Gasteiger partial charge in [-0.05, 0) is 37.0 Å². The van der Waals surface area contributed by atoms with Gasteiger partial charge < -0.3 is 4.90 Å². The molecule has 2 fully saturated rings. The van der Waals surface area contributed by atoms with Crippen LogP contribution in [0.15, 0.2) is 42.5 Å². The third-order valence-electron chi connectivity index (χ3n) is 5.36. The number of anilines is 1. The second kappa shape index (κ2) is 6.74. The van der Waals surface area contributed by atoms with Gasteiger partial charge in [0.05, 0.1) is 12.1 Å². The molecule has 0 spiro atoms. The van der Waals surface area contributed by atoms with Crippen LogP contribution in [0.25, 0.3) is 16.9 Å². The Morgan fingerprint density at radius 2 is 1.86 bits per heavy atom. The van der Waals surface area contributed by atoms with E-state index in [4.69, 9.17) is 0 Å². The maximum absolute atomic E-state index is 12.1. The number of rotatable bonds is 5. The Morgan fingerprint density at radius 3 is 2.54 bits per heavy atom. The van der Waals surface area contributed by atoms with Crippen molar-refractivity contribution in [2.45, 2.75) is 25.7 Å². The average Bonchev–Trinajstić information content (AvgIpc) is 3.41. The number of pyridine rings is 1. The molecule has 0 radical (unpaired) electrons. The van der Waals surface area contributed by atoms with Crippen LogP contribution < -0.4 is 5.32 Å². The molecule has 1 N–H and O–H groups in total. The van der Waals surface area contributed by atoms with E-state index in [0.717, 1.165) is 49.2 Å². The molecule has 3 aromatic rings. The summed E-state index contributed by atoms with van der Waals surface area (Å²) in [6.07, 6.45) is 3.43. The predicted octanol–water partition coefficient (Wildman–Crippen LogP) is 2.52.